The van der Waals surface area contributed by atoms with Crippen LogP contribution in [0.15, 0.2) is 65.4 Å². The molecule has 9 atom stereocenters. The van der Waals surface area contributed by atoms with E-state index in [4.69, 9.17) is 4.74 Å². The molecule has 348 valence electrons. The maximum Gasteiger partial charge on any atom is 0.245 e. The summed E-state index contributed by atoms with van der Waals surface area (Å²) in [5.74, 6) is -0.457. The number of methoxy groups -OCH3 is 1. The van der Waals surface area contributed by atoms with Crippen LogP contribution in [0.2, 0.25) is 0 Å². The molecule has 0 aliphatic carbocycles. The van der Waals surface area contributed by atoms with Gasteiger partial charge in [0.2, 0.25) is 23.6 Å². The Morgan fingerprint density at radius 2 is 1.61 bits per heavy atom. The Morgan fingerprint density at radius 1 is 0.952 bits per heavy atom. The lowest BCUT2D eigenvalue weighted by Gasteiger charge is -2.40. The van der Waals surface area contributed by atoms with Crippen LogP contribution in [0.25, 0.3) is 0 Å². The Balaban J connectivity index is 2.15. The fourth-order valence-electron chi connectivity index (χ4n) is 8.75. The van der Waals surface area contributed by atoms with Gasteiger partial charge in [0.25, 0.3) is 0 Å². The lowest BCUT2D eigenvalue weighted by molar-refractivity contribution is -0.146. The lowest BCUT2D eigenvalue weighted by atomic mass is 9.85. The van der Waals surface area contributed by atoms with Gasteiger partial charge in [-0.05, 0) is 81.7 Å². The van der Waals surface area contributed by atoms with Gasteiger partial charge >= 0.3 is 0 Å². The van der Waals surface area contributed by atoms with E-state index in [2.05, 4.69) is 60.1 Å². The van der Waals surface area contributed by atoms with E-state index in [0.717, 1.165) is 42.7 Å². The highest BCUT2D eigenvalue weighted by Crippen LogP contribution is 2.30. The van der Waals surface area contributed by atoms with Gasteiger partial charge in [-0.25, -0.2) is 0 Å². The first kappa shape index (κ1) is 54.0. The van der Waals surface area contributed by atoms with Crippen molar-refractivity contribution in [3.05, 3.63) is 61.0 Å². The highest BCUT2D eigenvalue weighted by atomic mass is 16.5. The van der Waals surface area contributed by atoms with Crippen molar-refractivity contribution in [3.63, 3.8) is 0 Å². The van der Waals surface area contributed by atoms with E-state index in [1.54, 1.807) is 25.3 Å². The Bertz CT molecular complexity index is 1660. The summed E-state index contributed by atoms with van der Waals surface area (Å²) in [5.41, 5.74) is 2.91. The number of ether oxygens (including phenoxy) is 1. The van der Waals surface area contributed by atoms with Crippen molar-refractivity contribution in [2.45, 2.75) is 145 Å². The second kappa shape index (κ2) is 27.1. The van der Waals surface area contributed by atoms with Gasteiger partial charge in [0.1, 0.15) is 6.04 Å². The highest BCUT2D eigenvalue weighted by Gasteiger charge is 2.40. The van der Waals surface area contributed by atoms with Gasteiger partial charge in [-0.1, -0.05) is 112 Å². The number of benzene rings is 1. The number of nitrogens with one attached hydrogen (secondary N) is 2. The van der Waals surface area contributed by atoms with E-state index >= 15 is 0 Å². The molecular weight excluding hydrogens is 779 g/mol. The first-order valence-corrected chi connectivity index (χ1v) is 23.1. The number of rotatable bonds is 26. The number of likely N-dealkylation sites (tertiary alicyclic amines) is 1. The molecule has 12 heteroatoms. The van der Waals surface area contributed by atoms with Gasteiger partial charge in [0.05, 0.1) is 30.7 Å². The van der Waals surface area contributed by atoms with Crippen molar-refractivity contribution in [2.75, 3.05) is 40.8 Å². The van der Waals surface area contributed by atoms with Crippen LogP contribution in [0.5, 0.6) is 0 Å². The lowest BCUT2D eigenvalue weighted by Crippen LogP contribution is -2.60. The fourth-order valence-corrected chi connectivity index (χ4v) is 8.75. The summed E-state index contributed by atoms with van der Waals surface area (Å²) in [6.45, 7) is 27.6. The molecular formula is C50H83N7O5. The van der Waals surface area contributed by atoms with E-state index in [0.29, 0.717) is 26.1 Å². The number of nitrogens with zero attached hydrogens (tertiary/aromatic N) is 5. The van der Waals surface area contributed by atoms with Crippen molar-refractivity contribution >= 4 is 35.1 Å². The molecule has 1 unspecified atom stereocenters. The van der Waals surface area contributed by atoms with Crippen LogP contribution in [0.3, 0.4) is 0 Å². The first-order chi connectivity index (χ1) is 29.3. The Morgan fingerprint density at radius 3 is 2.16 bits per heavy atom. The summed E-state index contributed by atoms with van der Waals surface area (Å²) >= 11 is 0. The van der Waals surface area contributed by atoms with Crippen LogP contribution in [0, 0.1) is 35.5 Å². The number of aliphatic imine (C=N–C) groups is 2. The quantitative estimate of drug-likeness (QED) is 0.0923. The second-order valence-electron chi connectivity index (χ2n) is 18.4. The molecule has 4 amide bonds. The Kier molecular flexibility index (Phi) is 23.6. The molecule has 2 N–H and O–H groups in total. The SMILES string of the molecule is C=CN=C(CC)CN(C)[C@H](C(=O)N[C@H](C(=O)N(C)[C@@H]([C@@H](C)CC)[C@@H](CC(=O)N1CCC(C[C@H](C)[C@@H](C)C(=O)N[C@@H](Cc2ccccc2)C(C)=N/C=C\C)C1)OC)C(C)C)C(C)C. The molecule has 0 aromatic heterocycles. The third-order valence-electron chi connectivity index (χ3n) is 12.9. The third-order valence-corrected chi connectivity index (χ3v) is 12.9. The summed E-state index contributed by atoms with van der Waals surface area (Å²) in [4.78, 5) is 70.7. The minimum atomic E-state index is -0.773. The van der Waals surface area contributed by atoms with E-state index < -0.39 is 24.2 Å². The number of hydrogen-bond acceptors (Lipinski definition) is 8. The number of hydrogen-bond donors (Lipinski definition) is 2. The summed E-state index contributed by atoms with van der Waals surface area (Å²) in [6.07, 6.45) is 8.60. The maximum absolute atomic E-state index is 14.5. The molecule has 0 saturated carbocycles. The minimum Gasteiger partial charge on any atom is -0.379 e. The standard InChI is InChI=1S/C50H83N7O5/c1-16-26-52-38(12)42(29-39-23-21-20-22-24-39)53-48(59)37(11)36(10)28-40-25-27-57(31-40)44(58)30-43(62-15)47(35(9)17-2)56(14)50(61)45(33(5)6)54-49(60)46(34(7)8)55(13)32-41(18-3)51-19-4/h16,19-24,26,33-37,40,42-43,45-47H,4,17-18,25,27-32H2,1-3,5-15H3,(H,53,59)(H,54,60)/b26-16-,51-41?,52-38?/t35-,36-,37+,40?,42-,43+,45-,46-,47-/m0/s1. The van der Waals surface area contributed by atoms with Crippen LogP contribution < -0.4 is 10.6 Å². The average molecular weight is 862 g/mol. The molecule has 12 nitrogen and oxygen atoms in total. The summed E-state index contributed by atoms with van der Waals surface area (Å²) in [6, 6.07) is 8.26. The Labute approximate surface area is 375 Å². The molecule has 1 saturated heterocycles. The summed E-state index contributed by atoms with van der Waals surface area (Å²) in [7, 11) is 5.29. The van der Waals surface area contributed by atoms with Crippen molar-refractivity contribution in [3.8, 4) is 0 Å². The van der Waals surface area contributed by atoms with Gasteiger partial charge < -0.3 is 25.2 Å². The molecule has 1 aromatic carbocycles. The van der Waals surface area contributed by atoms with E-state index in [1.165, 1.54) is 6.20 Å². The van der Waals surface area contributed by atoms with Crippen LogP contribution in [-0.4, -0.2) is 121 Å². The van der Waals surface area contributed by atoms with E-state index in [-0.39, 0.29) is 71.6 Å². The van der Waals surface area contributed by atoms with E-state index in [1.807, 2.05) is 96.5 Å². The number of likely N-dealkylation sites (N-methyl/N-ethyl adjacent to an activating group) is 2. The normalized spacial score (nSPS) is 18.9. The second-order valence-corrected chi connectivity index (χ2v) is 18.4. The van der Waals surface area contributed by atoms with Crippen molar-refractivity contribution in [1.29, 1.82) is 0 Å². The summed E-state index contributed by atoms with van der Waals surface area (Å²) in [5, 5.41) is 6.41. The zero-order valence-electron chi connectivity index (χ0n) is 40.8. The van der Waals surface area contributed by atoms with Gasteiger partial charge in [0, 0.05) is 63.5 Å². The Hall–Kier alpha value is -4.16. The maximum atomic E-state index is 14.5. The molecule has 1 aliphatic heterocycles. The highest BCUT2D eigenvalue weighted by molar-refractivity contribution is 5.93. The van der Waals surface area contributed by atoms with Crippen molar-refractivity contribution in [2.24, 2.45) is 45.5 Å². The molecule has 1 aliphatic rings. The fraction of sp³-hybridized carbons (Fsp3) is 0.680. The van der Waals surface area contributed by atoms with Gasteiger partial charge in [-0.3, -0.25) is 34.1 Å². The smallest absolute Gasteiger partial charge is 0.245 e. The predicted octanol–water partition coefficient (Wildman–Crippen LogP) is 7.59. The molecule has 0 bridgehead atoms. The molecule has 0 radical (unpaired) electrons. The summed E-state index contributed by atoms with van der Waals surface area (Å²) < 4.78 is 6.07. The van der Waals surface area contributed by atoms with Crippen LogP contribution >= 0.6 is 0 Å². The predicted molar refractivity (Wildman–Crippen MR) is 255 cm³/mol. The topological polar surface area (TPSA) is 136 Å². The molecule has 1 heterocycles. The number of allylic oxidation sites excluding steroid dienone is 1. The van der Waals surface area contributed by atoms with Crippen molar-refractivity contribution < 1.29 is 23.9 Å². The van der Waals surface area contributed by atoms with Gasteiger partial charge in [-0.15, -0.1) is 0 Å². The van der Waals surface area contributed by atoms with Crippen molar-refractivity contribution in [1.82, 2.24) is 25.3 Å². The molecule has 1 fully saturated rings. The molecule has 62 heavy (non-hydrogen) atoms. The molecule has 1 aromatic rings. The zero-order chi connectivity index (χ0) is 46.7. The average Bonchev–Trinajstić information content (AvgIpc) is 3.71. The van der Waals surface area contributed by atoms with Crippen LogP contribution in [-0.2, 0) is 30.3 Å². The van der Waals surface area contributed by atoms with E-state index in [9.17, 15) is 19.2 Å². The minimum absolute atomic E-state index is 0.00298. The largest absolute Gasteiger partial charge is 0.379 e. The zero-order valence-corrected chi connectivity index (χ0v) is 40.8. The monoisotopic (exact) mass is 862 g/mol. The molecule has 2 rings (SSSR count). The van der Waals surface area contributed by atoms with Gasteiger partial charge in [0.15, 0.2) is 0 Å². The van der Waals surface area contributed by atoms with Crippen LogP contribution in [0.1, 0.15) is 114 Å². The first-order valence-electron chi connectivity index (χ1n) is 23.1. The molecule has 0 spiro atoms. The van der Waals surface area contributed by atoms with Gasteiger partial charge in [-0.2, -0.15) is 0 Å². The van der Waals surface area contributed by atoms with Crippen LogP contribution in [0.4, 0.5) is 0 Å². The number of carbonyl (C=O) groups is 4. The number of amides is 4. The number of carbonyl (C=O) groups excluding carboxylic acids is 4. The third kappa shape index (κ3) is 16.2.